The number of hydrogen-bond donors (Lipinski definition) is 1. The third-order valence-corrected chi connectivity index (χ3v) is 1.85. The van der Waals surface area contributed by atoms with Crippen LogP contribution in [0, 0.1) is 0 Å². The fourth-order valence-electron chi connectivity index (χ4n) is 0.966. The molecule has 0 spiro atoms. The van der Waals surface area contributed by atoms with E-state index in [0.717, 1.165) is 6.54 Å². The van der Waals surface area contributed by atoms with E-state index in [1.54, 1.807) is 6.92 Å². The Bertz CT molecular complexity index is 110. The first-order valence-electron chi connectivity index (χ1n) is 3.38. The summed E-state index contributed by atoms with van der Waals surface area (Å²) in [6.07, 6.45) is -0.412. The van der Waals surface area contributed by atoms with Gasteiger partial charge in [-0.05, 0) is 6.92 Å². The number of alkyl halides is 1. The van der Waals surface area contributed by atoms with Gasteiger partial charge in [0.25, 0.3) is 0 Å². The smallest absolute Gasteiger partial charge is 0.143 e. The fourth-order valence-corrected chi connectivity index (χ4v) is 1.23. The summed E-state index contributed by atoms with van der Waals surface area (Å²) in [7, 11) is 0. The van der Waals surface area contributed by atoms with Gasteiger partial charge in [0.1, 0.15) is 11.8 Å². The first-order valence-corrected chi connectivity index (χ1v) is 3.81. The van der Waals surface area contributed by atoms with Crippen molar-refractivity contribution in [2.24, 2.45) is 0 Å². The molecule has 0 amide bonds. The standard InChI is InChI=1S/C6H12ClNO2/c1-5(9)8-2-3-10-6(7)4-8/h5-6,9H,2-4H2,1H3. The molecule has 0 aromatic heterocycles. The first kappa shape index (κ1) is 8.27. The van der Waals surface area contributed by atoms with Crippen LogP contribution < -0.4 is 0 Å². The zero-order valence-corrected chi connectivity index (χ0v) is 6.71. The zero-order chi connectivity index (χ0) is 7.56. The summed E-state index contributed by atoms with van der Waals surface area (Å²) in [5.74, 6) is 0. The van der Waals surface area contributed by atoms with Crippen LogP contribution in [-0.4, -0.2) is 41.5 Å². The first-order chi connectivity index (χ1) is 4.70. The van der Waals surface area contributed by atoms with Gasteiger partial charge in [0.05, 0.1) is 6.61 Å². The van der Waals surface area contributed by atoms with Crippen molar-refractivity contribution < 1.29 is 9.84 Å². The van der Waals surface area contributed by atoms with Crippen LogP contribution in [0.4, 0.5) is 0 Å². The molecule has 1 aliphatic rings. The van der Waals surface area contributed by atoms with Crippen molar-refractivity contribution in [3.8, 4) is 0 Å². The lowest BCUT2D eigenvalue weighted by molar-refractivity contribution is -0.0618. The summed E-state index contributed by atoms with van der Waals surface area (Å²) in [5.41, 5.74) is -0.261. The topological polar surface area (TPSA) is 32.7 Å². The van der Waals surface area contributed by atoms with Crippen LogP contribution in [0.25, 0.3) is 0 Å². The largest absolute Gasteiger partial charge is 0.379 e. The van der Waals surface area contributed by atoms with Gasteiger partial charge in [0.2, 0.25) is 0 Å². The Balaban J connectivity index is 2.32. The summed E-state index contributed by atoms with van der Waals surface area (Å²) in [6, 6.07) is 0. The van der Waals surface area contributed by atoms with E-state index in [0.29, 0.717) is 13.2 Å². The average Bonchev–Trinajstić information content (AvgIpc) is 1.88. The lowest BCUT2D eigenvalue weighted by Crippen LogP contribution is -2.44. The molecule has 0 aliphatic carbocycles. The molecule has 1 heterocycles. The van der Waals surface area contributed by atoms with Gasteiger partial charge in [-0.1, -0.05) is 11.6 Å². The van der Waals surface area contributed by atoms with E-state index in [2.05, 4.69) is 0 Å². The third kappa shape index (κ3) is 2.09. The molecule has 1 N–H and O–H groups in total. The molecule has 10 heavy (non-hydrogen) atoms. The van der Waals surface area contributed by atoms with E-state index in [9.17, 15) is 0 Å². The highest BCUT2D eigenvalue weighted by molar-refractivity contribution is 6.19. The maximum absolute atomic E-state index is 9.11. The minimum absolute atomic E-state index is 0.261. The van der Waals surface area contributed by atoms with Crippen LogP contribution >= 0.6 is 11.6 Å². The van der Waals surface area contributed by atoms with Gasteiger partial charge in [-0.15, -0.1) is 0 Å². The molecule has 0 saturated carbocycles. The predicted octanol–water partition coefficient (Wildman–Crippen LogP) is 0.222. The lowest BCUT2D eigenvalue weighted by Gasteiger charge is -2.31. The minimum atomic E-state index is -0.412. The molecule has 0 aromatic rings. The van der Waals surface area contributed by atoms with Crippen molar-refractivity contribution in [3.63, 3.8) is 0 Å². The predicted molar refractivity (Wildman–Crippen MR) is 38.8 cm³/mol. The minimum Gasteiger partial charge on any atom is -0.379 e. The summed E-state index contributed by atoms with van der Waals surface area (Å²) in [6.45, 7) is 3.72. The van der Waals surface area contributed by atoms with E-state index in [4.69, 9.17) is 21.4 Å². The van der Waals surface area contributed by atoms with Crippen molar-refractivity contribution in [3.05, 3.63) is 0 Å². The quantitative estimate of drug-likeness (QED) is 0.565. The Morgan fingerprint density at radius 2 is 2.50 bits per heavy atom. The molecule has 1 fully saturated rings. The van der Waals surface area contributed by atoms with Crippen LogP contribution in [0.3, 0.4) is 0 Å². The van der Waals surface area contributed by atoms with Crippen molar-refractivity contribution in [1.82, 2.24) is 4.90 Å². The number of ether oxygens (including phenoxy) is 1. The molecule has 3 nitrogen and oxygen atoms in total. The molecule has 2 atom stereocenters. The number of rotatable bonds is 1. The van der Waals surface area contributed by atoms with Gasteiger partial charge in [-0.3, -0.25) is 4.90 Å². The molecular weight excluding hydrogens is 154 g/mol. The highest BCUT2D eigenvalue weighted by Crippen LogP contribution is 2.09. The van der Waals surface area contributed by atoms with Crippen molar-refractivity contribution in [2.45, 2.75) is 18.7 Å². The second-order valence-corrected chi connectivity index (χ2v) is 2.89. The molecule has 1 aliphatic heterocycles. The molecule has 2 unspecified atom stereocenters. The van der Waals surface area contributed by atoms with Crippen LogP contribution in [-0.2, 0) is 4.74 Å². The van der Waals surface area contributed by atoms with E-state index in [1.807, 2.05) is 4.90 Å². The molecule has 0 radical (unpaired) electrons. The van der Waals surface area contributed by atoms with Gasteiger partial charge < -0.3 is 9.84 Å². The SMILES string of the molecule is CC(O)N1CCOC(Cl)C1. The normalized spacial score (nSPS) is 32.1. The molecule has 0 bridgehead atoms. The van der Waals surface area contributed by atoms with Crippen molar-refractivity contribution in [1.29, 1.82) is 0 Å². The Labute approximate surface area is 65.5 Å². The van der Waals surface area contributed by atoms with Gasteiger partial charge >= 0.3 is 0 Å². The Kier molecular flexibility index (Phi) is 2.92. The zero-order valence-electron chi connectivity index (χ0n) is 5.96. The van der Waals surface area contributed by atoms with Crippen LogP contribution in [0.15, 0.2) is 0 Å². The fraction of sp³-hybridized carbons (Fsp3) is 1.00. The summed E-state index contributed by atoms with van der Waals surface area (Å²) >= 11 is 5.68. The van der Waals surface area contributed by atoms with Crippen LogP contribution in [0.1, 0.15) is 6.92 Å². The van der Waals surface area contributed by atoms with E-state index in [1.165, 1.54) is 0 Å². The Morgan fingerprint density at radius 1 is 1.80 bits per heavy atom. The summed E-state index contributed by atoms with van der Waals surface area (Å²) < 4.78 is 5.07. The number of aliphatic hydroxyl groups is 1. The monoisotopic (exact) mass is 165 g/mol. The van der Waals surface area contributed by atoms with E-state index < -0.39 is 6.23 Å². The summed E-state index contributed by atoms with van der Waals surface area (Å²) in [5, 5.41) is 9.11. The number of nitrogens with zero attached hydrogens (tertiary/aromatic N) is 1. The highest BCUT2D eigenvalue weighted by Gasteiger charge is 2.20. The molecular formula is C6H12ClNO2. The number of aliphatic hydroxyl groups excluding tert-OH is 1. The lowest BCUT2D eigenvalue weighted by atomic mass is 10.4. The number of hydrogen-bond acceptors (Lipinski definition) is 3. The van der Waals surface area contributed by atoms with Gasteiger partial charge in [0, 0.05) is 13.1 Å². The second-order valence-electron chi connectivity index (χ2n) is 2.41. The van der Waals surface area contributed by atoms with Gasteiger partial charge in [-0.2, -0.15) is 0 Å². The van der Waals surface area contributed by atoms with Gasteiger partial charge in [-0.25, -0.2) is 0 Å². The van der Waals surface area contributed by atoms with Crippen molar-refractivity contribution in [2.75, 3.05) is 19.7 Å². The average molecular weight is 166 g/mol. The van der Waals surface area contributed by atoms with Crippen LogP contribution in [0.5, 0.6) is 0 Å². The Morgan fingerprint density at radius 3 is 2.90 bits per heavy atom. The second kappa shape index (κ2) is 3.53. The number of halogens is 1. The molecule has 0 aromatic carbocycles. The van der Waals surface area contributed by atoms with Gasteiger partial charge in [0.15, 0.2) is 0 Å². The van der Waals surface area contributed by atoms with Crippen LogP contribution in [0.2, 0.25) is 0 Å². The van der Waals surface area contributed by atoms with E-state index in [-0.39, 0.29) is 5.56 Å². The van der Waals surface area contributed by atoms with Crippen molar-refractivity contribution >= 4 is 11.6 Å². The molecule has 1 rings (SSSR count). The number of morpholine rings is 1. The molecule has 60 valence electrons. The Hall–Kier alpha value is 0.170. The third-order valence-electron chi connectivity index (χ3n) is 1.58. The van der Waals surface area contributed by atoms with E-state index >= 15 is 0 Å². The summed E-state index contributed by atoms with van der Waals surface area (Å²) in [4.78, 5) is 1.88. The molecule has 1 saturated heterocycles. The molecule has 4 heteroatoms. The highest BCUT2D eigenvalue weighted by atomic mass is 35.5. The maximum atomic E-state index is 9.11. The maximum Gasteiger partial charge on any atom is 0.143 e.